The minimum atomic E-state index is -1.14. The number of aryl methyl sites for hydroxylation is 1. The van der Waals surface area contributed by atoms with Crippen molar-refractivity contribution in [3.05, 3.63) is 60.5 Å². The van der Waals surface area contributed by atoms with Crippen LogP contribution in [0.1, 0.15) is 24.0 Å². The highest BCUT2D eigenvalue weighted by Gasteiger charge is 2.14. The van der Waals surface area contributed by atoms with Gasteiger partial charge in [0.05, 0.1) is 43.7 Å². The van der Waals surface area contributed by atoms with E-state index in [2.05, 4.69) is 26.8 Å². The van der Waals surface area contributed by atoms with Crippen molar-refractivity contribution in [3.63, 3.8) is 0 Å². The number of ether oxygens (including phenoxy) is 3. The van der Waals surface area contributed by atoms with Gasteiger partial charge in [-0.05, 0) is 32.0 Å². The number of anilines is 2. The Labute approximate surface area is 191 Å². The highest BCUT2D eigenvalue weighted by molar-refractivity contribution is 5.63. The van der Waals surface area contributed by atoms with Gasteiger partial charge in [0, 0.05) is 18.0 Å². The van der Waals surface area contributed by atoms with Gasteiger partial charge in [-0.1, -0.05) is 6.58 Å². The molecule has 10 heteroatoms. The van der Waals surface area contributed by atoms with E-state index in [0.717, 1.165) is 11.4 Å². The lowest BCUT2D eigenvalue weighted by atomic mass is 10.2. The summed E-state index contributed by atoms with van der Waals surface area (Å²) in [5.41, 5.74) is 3.23. The number of halogens is 2. The van der Waals surface area contributed by atoms with E-state index in [1.54, 1.807) is 25.6 Å². The van der Waals surface area contributed by atoms with E-state index in [0.29, 0.717) is 35.2 Å². The Hall–Kier alpha value is -3.53. The number of methoxy groups -OCH3 is 1. The highest BCUT2D eigenvalue weighted by atomic mass is 19.1. The first-order valence-corrected chi connectivity index (χ1v) is 10.4. The zero-order chi connectivity index (χ0) is 23.8. The van der Waals surface area contributed by atoms with Crippen LogP contribution in [0, 0.1) is 6.92 Å². The minimum Gasteiger partial charge on any atom is -0.494 e. The van der Waals surface area contributed by atoms with Crippen LogP contribution in [0.25, 0.3) is 11.4 Å². The third-order valence-electron chi connectivity index (χ3n) is 4.62. The van der Waals surface area contributed by atoms with Crippen LogP contribution in [0.4, 0.5) is 20.4 Å². The third kappa shape index (κ3) is 6.26. The van der Waals surface area contributed by atoms with Crippen molar-refractivity contribution in [2.24, 2.45) is 0 Å². The maximum absolute atomic E-state index is 12.8. The number of nitrogens with zero attached hydrogens (tertiary/aromatic N) is 4. The number of alkyl halides is 2. The van der Waals surface area contributed by atoms with Gasteiger partial charge in [-0.3, -0.25) is 0 Å². The summed E-state index contributed by atoms with van der Waals surface area (Å²) < 4.78 is 43.7. The number of imidazole rings is 1. The number of hydrogen-bond donors (Lipinski definition) is 1. The molecule has 0 fully saturated rings. The lowest BCUT2D eigenvalue weighted by molar-refractivity contribution is 0.00764. The second kappa shape index (κ2) is 11.4. The molecule has 33 heavy (non-hydrogen) atoms. The maximum atomic E-state index is 12.8. The first-order valence-electron chi connectivity index (χ1n) is 10.4. The Morgan fingerprint density at radius 1 is 1.21 bits per heavy atom. The summed E-state index contributed by atoms with van der Waals surface area (Å²) in [5, 5.41) is 3.13. The molecule has 176 valence electrons. The Kier molecular flexibility index (Phi) is 8.31. The van der Waals surface area contributed by atoms with E-state index in [1.807, 2.05) is 36.7 Å². The van der Waals surface area contributed by atoms with Crippen molar-refractivity contribution in [1.82, 2.24) is 19.5 Å². The standard InChI is InChI=1S/C23H27F2N5O3/c1-5-32-16(3)20-8-18(13-33-19(10-24)11-25)28-23(29-20)27-17-6-7-21(22(9-17)31-4)30-12-15(2)26-14-30/h6-9,12,14,19H,3,5,10-11,13H2,1-2,4H3,(H,27,28,29). The molecule has 0 aliphatic rings. The van der Waals surface area contributed by atoms with Crippen LogP contribution in [-0.4, -0.2) is 52.7 Å². The zero-order valence-corrected chi connectivity index (χ0v) is 18.8. The minimum absolute atomic E-state index is 0.0929. The molecule has 0 radical (unpaired) electrons. The van der Waals surface area contributed by atoms with E-state index in [1.165, 1.54) is 0 Å². The first kappa shape index (κ1) is 24.1. The summed E-state index contributed by atoms with van der Waals surface area (Å²) in [6.45, 7) is 6.09. The van der Waals surface area contributed by atoms with Crippen molar-refractivity contribution in [2.45, 2.75) is 26.6 Å². The average Bonchev–Trinajstić information content (AvgIpc) is 3.25. The van der Waals surface area contributed by atoms with Crippen LogP contribution in [-0.2, 0) is 16.1 Å². The van der Waals surface area contributed by atoms with Crippen molar-refractivity contribution < 1.29 is 23.0 Å². The fourth-order valence-electron chi connectivity index (χ4n) is 3.00. The summed E-state index contributed by atoms with van der Waals surface area (Å²) in [6.07, 6.45) is 2.46. The molecule has 1 aromatic carbocycles. The third-order valence-corrected chi connectivity index (χ3v) is 4.62. The fourth-order valence-corrected chi connectivity index (χ4v) is 3.00. The molecule has 3 aromatic rings. The molecule has 1 N–H and O–H groups in total. The Morgan fingerprint density at radius 3 is 2.64 bits per heavy atom. The van der Waals surface area contributed by atoms with Crippen molar-refractivity contribution in [2.75, 3.05) is 32.4 Å². The quantitative estimate of drug-likeness (QED) is 0.398. The normalized spacial score (nSPS) is 11.0. The van der Waals surface area contributed by atoms with Crippen molar-refractivity contribution in [3.8, 4) is 11.4 Å². The smallest absolute Gasteiger partial charge is 0.228 e. The first-order chi connectivity index (χ1) is 16.0. The van der Waals surface area contributed by atoms with Gasteiger partial charge in [-0.15, -0.1) is 0 Å². The largest absolute Gasteiger partial charge is 0.494 e. The molecule has 0 amide bonds. The van der Waals surface area contributed by atoms with Crippen LogP contribution in [0.15, 0.2) is 43.4 Å². The topological polar surface area (TPSA) is 83.3 Å². The molecule has 0 spiro atoms. The number of hydrogen-bond acceptors (Lipinski definition) is 7. The van der Waals surface area contributed by atoms with Gasteiger partial charge >= 0.3 is 0 Å². The molecule has 2 aromatic heterocycles. The molecule has 0 aliphatic carbocycles. The van der Waals surface area contributed by atoms with Crippen LogP contribution in [0.3, 0.4) is 0 Å². The molecule has 0 saturated heterocycles. The van der Waals surface area contributed by atoms with Gasteiger partial charge in [0.25, 0.3) is 0 Å². The second-order valence-corrected chi connectivity index (χ2v) is 7.10. The molecule has 8 nitrogen and oxygen atoms in total. The lowest BCUT2D eigenvalue weighted by Crippen LogP contribution is -2.18. The molecular weight excluding hydrogens is 432 g/mol. The van der Waals surface area contributed by atoms with Gasteiger partial charge < -0.3 is 24.1 Å². The van der Waals surface area contributed by atoms with Crippen LogP contribution in [0.5, 0.6) is 5.75 Å². The van der Waals surface area contributed by atoms with Gasteiger partial charge in [0.15, 0.2) is 0 Å². The molecule has 0 bridgehead atoms. The predicted molar refractivity (Wildman–Crippen MR) is 121 cm³/mol. The van der Waals surface area contributed by atoms with E-state index in [9.17, 15) is 8.78 Å². The monoisotopic (exact) mass is 459 g/mol. The Balaban J connectivity index is 1.88. The number of benzene rings is 1. The van der Waals surface area contributed by atoms with Crippen LogP contribution >= 0.6 is 0 Å². The lowest BCUT2D eigenvalue weighted by Gasteiger charge is -2.15. The van der Waals surface area contributed by atoms with Gasteiger partial charge in [-0.25, -0.2) is 23.7 Å². The van der Waals surface area contributed by atoms with Crippen molar-refractivity contribution >= 4 is 17.4 Å². The summed E-state index contributed by atoms with van der Waals surface area (Å²) >= 11 is 0. The van der Waals surface area contributed by atoms with E-state index >= 15 is 0 Å². The Morgan fingerprint density at radius 2 is 2.00 bits per heavy atom. The van der Waals surface area contributed by atoms with Crippen LogP contribution < -0.4 is 10.1 Å². The predicted octanol–water partition coefficient (Wildman–Crippen LogP) is 4.55. The second-order valence-electron chi connectivity index (χ2n) is 7.10. The van der Waals surface area contributed by atoms with Gasteiger partial charge in [-0.2, -0.15) is 0 Å². The molecule has 0 unspecified atom stereocenters. The van der Waals surface area contributed by atoms with Crippen LogP contribution in [0.2, 0.25) is 0 Å². The number of aromatic nitrogens is 4. The van der Waals surface area contributed by atoms with E-state index < -0.39 is 19.5 Å². The average molecular weight is 459 g/mol. The van der Waals surface area contributed by atoms with Crippen molar-refractivity contribution in [1.29, 1.82) is 0 Å². The molecule has 0 aliphatic heterocycles. The zero-order valence-electron chi connectivity index (χ0n) is 18.8. The Bertz CT molecular complexity index is 1090. The summed E-state index contributed by atoms with van der Waals surface area (Å²) in [7, 11) is 1.58. The van der Waals surface area contributed by atoms with Gasteiger partial charge in [0.2, 0.25) is 5.95 Å². The highest BCUT2D eigenvalue weighted by Crippen LogP contribution is 2.28. The van der Waals surface area contributed by atoms with Gasteiger partial charge in [0.1, 0.15) is 36.7 Å². The maximum Gasteiger partial charge on any atom is 0.228 e. The molecule has 2 heterocycles. The van der Waals surface area contributed by atoms with E-state index in [4.69, 9.17) is 14.2 Å². The SMILES string of the molecule is C=C(OCC)c1cc(COC(CF)CF)nc(Nc2ccc(-n3cnc(C)c3)c(OC)c2)n1. The fraction of sp³-hybridized carbons (Fsp3) is 0.348. The van der Waals surface area contributed by atoms with E-state index in [-0.39, 0.29) is 12.6 Å². The summed E-state index contributed by atoms with van der Waals surface area (Å²) in [6, 6.07) is 7.14. The molecular formula is C23H27F2N5O3. The molecule has 3 rings (SSSR count). The summed E-state index contributed by atoms with van der Waals surface area (Å²) in [5.74, 6) is 1.21. The summed E-state index contributed by atoms with van der Waals surface area (Å²) in [4.78, 5) is 13.1. The number of nitrogens with one attached hydrogen (secondary N) is 1. The molecule has 0 saturated carbocycles. The number of rotatable bonds is 12. The molecule has 0 atom stereocenters.